The largest absolute Gasteiger partial charge is 0.299 e. The van der Waals surface area contributed by atoms with Gasteiger partial charge in [-0.3, -0.25) is 4.79 Å². The summed E-state index contributed by atoms with van der Waals surface area (Å²) in [4.78, 5) is 12.1. The van der Waals surface area contributed by atoms with Gasteiger partial charge in [-0.05, 0) is 31.1 Å². The zero-order chi connectivity index (χ0) is 11.5. The minimum Gasteiger partial charge on any atom is -0.299 e. The van der Waals surface area contributed by atoms with Gasteiger partial charge in [0.05, 0.1) is 11.5 Å². The van der Waals surface area contributed by atoms with Gasteiger partial charge in [-0.25, -0.2) is 0 Å². The molecule has 2 aliphatic carbocycles. The molecule has 0 N–H and O–H groups in total. The van der Waals surface area contributed by atoms with E-state index >= 15 is 0 Å². The van der Waals surface area contributed by atoms with Crippen molar-refractivity contribution < 1.29 is 4.79 Å². The number of carbonyl (C=O) groups excluding carboxylic acids is 1. The number of ketones is 1. The SMILES string of the molecule is CC1(C)CC(=O)[C@@]2(C)CC(C)(C#N)[C@H]2C1. The van der Waals surface area contributed by atoms with Crippen LogP contribution in [0.25, 0.3) is 0 Å². The fourth-order valence-corrected chi connectivity index (χ4v) is 3.70. The maximum atomic E-state index is 12.1. The molecule has 0 radical (unpaired) electrons. The molecule has 0 aromatic rings. The van der Waals surface area contributed by atoms with Crippen LogP contribution in [0.3, 0.4) is 0 Å². The summed E-state index contributed by atoms with van der Waals surface area (Å²) >= 11 is 0. The second-order valence-corrected chi connectivity index (χ2v) is 6.64. The Bertz CT molecular complexity index is 365. The Morgan fingerprint density at radius 2 is 1.93 bits per heavy atom. The Kier molecular flexibility index (Phi) is 1.88. The fraction of sp³-hybridized carbons (Fsp3) is 0.846. The lowest BCUT2D eigenvalue weighted by Crippen LogP contribution is -2.61. The molecule has 0 spiro atoms. The number of hydrogen-bond donors (Lipinski definition) is 0. The van der Waals surface area contributed by atoms with E-state index in [1.54, 1.807) is 0 Å². The summed E-state index contributed by atoms with van der Waals surface area (Å²) in [5.41, 5.74) is -0.373. The fourth-order valence-electron chi connectivity index (χ4n) is 3.70. The molecule has 0 saturated heterocycles. The van der Waals surface area contributed by atoms with Gasteiger partial charge in [0.15, 0.2) is 0 Å². The van der Waals surface area contributed by atoms with Gasteiger partial charge in [0.25, 0.3) is 0 Å². The Morgan fingerprint density at radius 3 is 2.47 bits per heavy atom. The van der Waals surface area contributed by atoms with E-state index in [0.29, 0.717) is 12.2 Å². The lowest BCUT2D eigenvalue weighted by molar-refractivity contribution is -0.167. The van der Waals surface area contributed by atoms with Crippen molar-refractivity contribution in [2.45, 2.75) is 47.0 Å². The third-order valence-corrected chi connectivity index (χ3v) is 4.56. The summed E-state index contributed by atoms with van der Waals surface area (Å²) in [7, 11) is 0. The molecular formula is C13H19NO. The van der Waals surface area contributed by atoms with E-state index in [2.05, 4.69) is 19.9 Å². The molecule has 2 rings (SSSR count). The molecule has 15 heavy (non-hydrogen) atoms. The van der Waals surface area contributed by atoms with Crippen molar-refractivity contribution in [3.8, 4) is 6.07 Å². The van der Waals surface area contributed by atoms with Gasteiger partial charge in [-0.1, -0.05) is 20.8 Å². The molecule has 2 heteroatoms. The zero-order valence-electron chi connectivity index (χ0n) is 10.1. The van der Waals surface area contributed by atoms with E-state index in [1.807, 2.05) is 13.8 Å². The van der Waals surface area contributed by atoms with Crippen LogP contribution in [-0.2, 0) is 4.79 Å². The lowest BCUT2D eigenvalue weighted by Gasteiger charge is -2.61. The highest BCUT2D eigenvalue weighted by molar-refractivity contribution is 5.88. The topological polar surface area (TPSA) is 40.9 Å². The molecular weight excluding hydrogens is 186 g/mol. The minimum absolute atomic E-state index is 0.0831. The average molecular weight is 205 g/mol. The number of carbonyl (C=O) groups is 1. The molecule has 3 atom stereocenters. The highest BCUT2D eigenvalue weighted by Gasteiger charge is 2.65. The maximum Gasteiger partial charge on any atom is 0.139 e. The molecule has 2 saturated carbocycles. The average Bonchev–Trinajstić information content (AvgIpc) is 2.11. The van der Waals surface area contributed by atoms with Crippen molar-refractivity contribution in [3.63, 3.8) is 0 Å². The van der Waals surface area contributed by atoms with Crippen LogP contribution < -0.4 is 0 Å². The number of rotatable bonds is 0. The molecule has 2 fully saturated rings. The van der Waals surface area contributed by atoms with Crippen molar-refractivity contribution >= 4 is 5.78 Å². The molecule has 0 bridgehead atoms. The summed E-state index contributed by atoms with van der Waals surface area (Å²) in [6.45, 7) is 8.34. The first-order valence-electron chi connectivity index (χ1n) is 5.68. The van der Waals surface area contributed by atoms with Crippen LogP contribution in [-0.4, -0.2) is 5.78 Å². The van der Waals surface area contributed by atoms with Gasteiger partial charge in [0, 0.05) is 11.8 Å². The Labute approximate surface area is 91.7 Å². The van der Waals surface area contributed by atoms with Crippen LogP contribution in [0.5, 0.6) is 0 Å². The number of nitrogens with zero attached hydrogens (tertiary/aromatic N) is 1. The molecule has 0 amide bonds. The summed E-state index contributed by atoms with van der Waals surface area (Å²) in [6, 6.07) is 2.41. The standard InChI is InChI=1S/C13H19NO/c1-11(2)5-9-12(3,8-14)7-13(9,4)10(15)6-11/h9H,5-7H2,1-4H3/t9-,12?,13+/m1/s1. The van der Waals surface area contributed by atoms with E-state index in [4.69, 9.17) is 0 Å². The van der Waals surface area contributed by atoms with Crippen molar-refractivity contribution in [3.05, 3.63) is 0 Å². The molecule has 2 aliphatic rings. The minimum atomic E-state index is -0.262. The van der Waals surface area contributed by atoms with Gasteiger partial charge in [-0.2, -0.15) is 5.26 Å². The van der Waals surface area contributed by atoms with Crippen LogP contribution >= 0.6 is 0 Å². The van der Waals surface area contributed by atoms with Gasteiger partial charge in [-0.15, -0.1) is 0 Å². The van der Waals surface area contributed by atoms with Crippen molar-refractivity contribution in [1.29, 1.82) is 5.26 Å². The molecule has 0 aromatic heterocycles. The first-order valence-corrected chi connectivity index (χ1v) is 5.68. The van der Waals surface area contributed by atoms with Crippen molar-refractivity contribution in [2.24, 2.45) is 22.2 Å². The molecule has 0 aliphatic heterocycles. The Morgan fingerprint density at radius 1 is 1.33 bits per heavy atom. The molecule has 2 nitrogen and oxygen atoms in total. The van der Waals surface area contributed by atoms with Crippen molar-refractivity contribution in [1.82, 2.24) is 0 Å². The number of nitriles is 1. The van der Waals surface area contributed by atoms with Crippen LogP contribution in [0, 0.1) is 33.5 Å². The first kappa shape index (κ1) is 10.7. The van der Waals surface area contributed by atoms with Crippen LogP contribution in [0.1, 0.15) is 47.0 Å². The van der Waals surface area contributed by atoms with E-state index in [9.17, 15) is 10.1 Å². The number of Topliss-reactive ketones (excluding diaryl/α,β-unsaturated/α-hetero) is 1. The van der Waals surface area contributed by atoms with Crippen molar-refractivity contribution in [2.75, 3.05) is 0 Å². The molecule has 1 unspecified atom stereocenters. The molecule has 82 valence electrons. The summed E-state index contributed by atoms with van der Waals surface area (Å²) in [5.74, 6) is 0.641. The Hall–Kier alpha value is -0.840. The zero-order valence-corrected chi connectivity index (χ0v) is 10.1. The third-order valence-electron chi connectivity index (χ3n) is 4.56. The second kappa shape index (κ2) is 2.64. The highest BCUT2D eigenvalue weighted by atomic mass is 16.1. The predicted molar refractivity (Wildman–Crippen MR) is 58.0 cm³/mol. The quantitative estimate of drug-likeness (QED) is 0.610. The van der Waals surface area contributed by atoms with E-state index in [0.717, 1.165) is 12.8 Å². The second-order valence-electron chi connectivity index (χ2n) is 6.64. The van der Waals surface area contributed by atoms with E-state index < -0.39 is 0 Å². The van der Waals surface area contributed by atoms with Crippen LogP contribution in [0.2, 0.25) is 0 Å². The number of hydrogen-bond acceptors (Lipinski definition) is 2. The molecule has 0 aromatic carbocycles. The van der Waals surface area contributed by atoms with Gasteiger partial charge >= 0.3 is 0 Å². The summed E-state index contributed by atoms with van der Waals surface area (Å²) in [5, 5.41) is 9.19. The summed E-state index contributed by atoms with van der Waals surface area (Å²) in [6.07, 6.45) is 2.46. The van der Waals surface area contributed by atoms with Gasteiger partial charge < -0.3 is 0 Å². The van der Waals surface area contributed by atoms with E-state index in [1.165, 1.54) is 0 Å². The maximum absolute atomic E-state index is 12.1. The van der Waals surface area contributed by atoms with Gasteiger partial charge in [0.1, 0.15) is 5.78 Å². The first-order chi connectivity index (χ1) is 6.73. The smallest absolute Gasteiger partial charge is 0.139 e. The summed E-state index contributed by atoms with van der Waals surface area (Å²) < 4.78 is 0. The normalized spacial score (nSPS) is 47.7. The lowest BCUT2D eigenvalue weighted by atomic mass is 9.40. The number of fused-ring (bicyclic) bond motifs is 1. The van der Waals surface area contributed by atoms with Crippen LogP contribution in [0.4, 0.5) is 0 Å². The third kappa shape index (κ3) is 1.25. The highest BCUT2D eigenvalue weighted by Crippen LogP contribution is 2.66. The van der Waals surface area contributed by atoms with Crippen LogP contribution in [0.15, 0.2) is 0 Å². The predicted octanol–water partition coefficient (Wildman–Crippen LogP) is 2.93. The molecule has 0 heterocycles. The monoisotopic (exact) mass is 205 g/mol. The van der Waals surface area contributed by atoms with E-state index in [-0.39, 0.29) is 22.2 Å². The van der Waals surface area contributed by atoms with Gasteiger partial charge in [0.2, 0.25) is 0 Å². The Balaban J connectivity index is 2.33.